The molecule has 11 nitrogen and oxygen atoms in total. The first-order valence-corrected chi connectivity index (χ1v) is 17.5. The monoisotopic (exact) mass is 754 g/mol. The van der Waals surface area contributed by atoms with Crippen molar-refractivity contribution in [3.63, 3.8) is 0 Å². The van der Waals surface area contributed by atoms with Crippen LogP contribution in [0.5, 0.6) is 0 Å². The highest BCUT2D eigenvalue weighted by atomic mass is 79.9. The van der Waals surface area contributed by atoms with E-state index in [-0.39, 0.29) is 19.1 Å². The highest BCUT2D eigenvalue weighted by Gasteiger charge is 2.57. The number of fused-ring (bicyclic) bond motifs is 1. The Labute approximate surface area is 298 Å². The van der Waals surface area contributed by atoms with Crippen LogP contribution in [0.4, 0.5) is 10.5 Å². The Kier molecular flexibility index (Phi) is 10.9. The van der Waals surface area contributed by atoms with Gasteiger partial charge in [0.25, 0.3) is 0 Å². The number of carbonyl (C=O) groups excluding carboxylic acids is 3. The van der Waals surface area contributed by atoms with Crippen LogP contribution in [-0.4, -0.2) is 71.3 Å². The predicted molar refractivity (Wildman–Crippen MR) is 186 cm³/mol. The van der Waals surface area contributed by atoms with Gasteiger partial charge in [-0.25, -0.2) is 4.79 Å². The smallest absolute Gasteiger partial charge is 0.322 e. The van der Waals surface area contributed by atoms with Crippen LogP contribution in [0.3, 0.4) is 0 Å². The fraction of sp³-hybridized carbons (Fsp3) is 0.417. The number of carbonyl (C=O) groups is 3. The zero-order valence-corrected chi connectivity index (χ0v) is 29.6. The molecule has 4 N–H and O–H groups in total. The van der Waals surface area contributed by atoms with Gasteiger partial charge in [0.05, 0.1) is 12.6 Å². The lowest BCUT2D eigenvalue weighted by Gasteiger charge is -2.34. The van der Waals surface area contributed by atoms with Crippen molar-refractivity contribution in [2.45, 2.75) is 94.7 Å². The standard InChI is InChI=1S/C36H40BrClN4O7/c1-36(2)48-32-31(46-20-22-6-4-3-5-7-22)30(47-34(32)49-36)27(19-29(39)43)41-33(44)28-17-16-26(18-21-8-10-23(37)11-9-21)42(28)35(45)40-25-14-12-24(38)13-15-25/h3-15,26-28,30-32,34H,16-20H2,1-2H3,(H2,39,43)(H,40,45)(H,41,44)/t26?,27-,28-,30-,31+,32-,34-/m0/s1. The molecule has 0 aliphatic carbocycles. The summed E-state index contributed by atoms with van der Waals surface area (Å²) in [6.07, 6.45) is -1.60. The number of anilines is 1. The number of primary amides is 1. The van der Waals surface area contributed by atoms with E-state index in [2.05, 4.69) is 26.6 Å². The summed E-state index contributed by atoms with van der Waals surface area (Å²) >= 11 is 9.54. The molecule has 3 aromatic carbocycles. The molecular weight excluding hydrogens is 716 g/mol. The SMILES string of the molecule is CC1(C)O[C@@H]2O[C@@H]([C@H](CC(N)=O)NC(=O)[C@@H]3CCC(Cc4ccc(Br)cc4)N3C(=O)Nc3ccc(Cl)cc3)[C@@H](OCc3ccccc3)[C@@H]2O1. The average Bonchev–Trinajstić information content (AvgIpc) is 3.72. The average molecular weight is 756 g/mol. The Balaban J connectivity index is 1.23. The van der Waals surface area contributed by atoms with Gasteiger partial charge in [0, 0.05) is 27.6 Å². The number of halogens is 2. The largest absolute Gasteiger partial charge is 0.370 e. The van der Waals surface area contributed by atoms with Gasteiger partial charge in [-0.3, -0.25) is 9.59 Å². The molecule has 3 fully saturated rings. The van der Waals surface area contributed by atoms with Crippen molar-refractivity contribution in [3.8, 4) is 0 Å². The zero-order chi connectivity index (χ0) is 34.7. The van der Waals surface area contributed by atoms with E-state index in [1.807, 2.05) is 54.6 Å². The molecule has 0 saturated carbocycles. The van der Waals surface area contributed by atoms with Gasteiger partial charge in [-0.15, -0.1) is 0 Å². The first-order valence-electron chi connectivity index (χ1n) is 16.3. The number of nitrogens with one attached hydrogen (secondary N) is 2. The molecule has 260 valence electrons. The molecule has 3 aliphatic heterocycles. The Hall–Kier alpha value is -3.52. The molecule has 13 heteroatoms. The Morgan fingerprint density at radius 1 is 1.00 bits per heavy atom. The number of hydrogen-bond acceptors (Lipinski definition) is 7. The van der Waals surface area contributed by atoms with E-state index in [4.69, 9.17) is 36.3 Å². The summed E-state index contributed by atoms with van der Waals surface area (Å²) in [4.78, 5) is 42.1. The Morgan fingerprint density at radius 2 is 1.71 bits per heavy atom. The number of rotatable bonds is 11. The van der Waals surface area contributed by atoms with Crippen LogP contribution >= 0.6 is 27.5 Å². The minimum atomic E-state index is -0.914. The lowest BCUT2D eigenvalue weighted by Crippen LogP contribution is -2.57. The van der Waals surface area contributed by atoms with Crippen molar-refractivity contribution in [2.75, 3.05) is 5.32 Å². The topological polar surface area (TPSA) is 141 Å². The van der Waals surface area contributed by atoms with Gasteiger partial charge in [0.1, 0.15) is 24.4 Å². The molecule has 3 aliphatic rings. The van der Waals surface area contributed by atoms with Gasteiger partial charge in [-0.1, -0.05) is 70.0 Å². The molecule has 7 atom stereocenters. The lowest BCUT2D eigenvalue weighted by atomic mass is 9.99. The fourth-order valence-corrected chi connectivity index (χ4v) is 7.18. The molecule has 4 amide bonds. The summed E-state index contributed by atoms with van der Waals surface area (Å²) in [5.74, 6) is -1.98. The summed E-state index contributed by atoms with van der Waals surface area (Å²) in [5.41, 5.74) is 8.22. The van der Waals surface area contributed by atoms with Crippen LogP contribution in [-0.2, 0) is 41.6 Å². The Bertz CT molecular complexity index is 1630. The maximum Gasteiger partial charge on any atom is 0.322 e. The van der Waals surface area contributed by atoms with Gasteiger partial charge in [0.15, 0.2) is 12.1 Å². The second-order valence-electron chi connectivity index (χ2n) is 13.0. The van der Waals surface area contributed by atoms with Crippen molar-refractivity contribution in [1.82, 2.24) is 10.2 Å². The summed E-state index contributed by atoms with van der Waals surface area (Å²) < 4.78 is 25.8. The highest BCUT2D eigenvalue weighted by molar-refractivity contribution is 9.10. The van der Waals surface area contributed by atoms with Gasteiger partial charge in [-0.2, -0.15) is 0 Å². The molecule has 3 aromatic rings. The van der Waals surface area contributed by atoms with E-state index in [0.29, 0.717) is 30.0 Å². The molecule has 49 heavy (non-hydrogen) atoms. The van der Waals surface area contributed by atoms with Crippen molar-refractivity contribution in [1.29, 1.82) is 0 Å². The van der Waals surface area contributed by atoms with Crippen molar-refractivity contribution in [3.05, 3.63) is 99.5 Å². The molecule has 1 unspecified atom stereocenters. The maximum absolute atomic E-state index is 14.2. The van der Waals surface area contributed by atoms with E-state index in [0.717, 1.165) is 15.6 Å². The molecule has 0 radical (unpaired) electrons. The number of benzene rings is 3. The molecule has 3 heterocycles. The van der Waals surface area contributed by atoms with E-state index in [1.165, 1.54) is 0 Å². The number of likely N-dealkylation sites (tertiary alicyclic amines) is 1. The number of hydrogen-bond donors (Lipinski definition) is 3. The van der Waals surface area contributed by atoms with Gasteiger partial charge < -0.3 is 40.2 Å². The van der Waals surface area contributed by atoms with Gasteiger partial charge >= 0.3 is 6.03 Å². The number of nitrogens with two attached hydrogens (primary N) is 1. The number of ether oxygens (including phenoxy) is 4. The minimum Gasteiger partial charge on any atom is -0.370 e. The highest BCUT2D eigenvalue weighted by Crippen LogP contribution is 2.40. The van der Waals surface area contributed by atoms with Crippen LogP contribution in [0.1, 0.15) is 44.2 Å². The van der Waals surface area contributed by atoms with Crippen molar-refractivity contribution < 1.29 is 33.3 Å². The van der Waals surface area contributed by atoms with Crippen LogP contribution < -0.4 is 16.4 Å². The maximum atomic E-state index is 14.2. The first kappa shape index (κ1) is 35.3. The number of nitrogens with zero attached hydrogens (tertiary/aromatic N) is 1. The predicted octanol–water partition coefficient (Wildman–Crippen LogP) is 5.53. The zero-order valence-electron chi connectivity index (χ0n) is 27.2. The lowest BCUT2D eigenvalue weighted by molar-refractivity contribution is -0.222. The third kappa shape index (κ3) is 8.62. The fourth-order valence-electron chi connectivity index (χ4n) is 6.79. The molecule has 3 saturated heterocycles. The third-order valence-corrected chi connectivity index (χ3v) is 9.76. The van der Waals surface area contributed by atoms with Gasteiger partial charge in [0.2, 0.25) is 11.8 Å². The third-order valence-electron chi connectivity index (χ3n) is 8.98. The van der Waals surface area contributed by atoms with E-state index in [1.54, 1.807) is 43.0 Å². The minimum absolute atomic E-state index is 0.226. The summed E-state index contributed by atoms with van der Waals surface area (Å²) in [7, 11) is 0. The van der Waals surface area contributed by atoms with Crippen LogP contribution in [0.25, 0.3) is 0 Å². The van der Waals surface area contributed by atoms with Crippen LogP contribution in [0.15, 0.2) is 83.3 Å². The molecule has 0 bridgehead atoms. The molecule has 0 aromatic heterocycles. The first-order chi connectivity index (χ1) is 23.5. The van der Waals surface area contributed by atoms with Crippen molar-refractivity contribution in [2.24, 2.45) is 5.73 Å². The summed E-state index contributed by atoms with van der Waals surface area (Å²) in [5, 5.41) is 6.48. The molecule has 0 spiro atoms. The second kappa shape index (κ2) is 15.2. The van der Waals surface area contributed by atoms with Gasteiger partial charge in [-0.05, 0) is 80.6 Å². The van der Waals surface area contributed by atoms with E-state index < -0.39 is 60.3 Å². The second-order valence-corrected chi connectivity index (χ2v) is 14.4. The summed E-state index contributed by atoms with van der Waals surface area (Å²) in [6, 6.07) is 21.9. The quantitative estimate of drug-likeness (QED) is 0.234. The normalized spacial score (nSPS) is 26.2. The number of urea groups is 1. The van der Waals surface area contributed by atoms with E-state index >= 15 is 0 Å². The summed E-state index contributed by atoms with van der Waals surface area (Å²) in [6.45, 7) is 3.82. The van der Waals surface area contributed by atoms with Crippen LogP contribution in [0.2, 0.25) is 5.02 Å². The molecular formula is C36H40BrClN4O7. The number of amides is 4. The molecule has 6 rings (SSSR count). The Morgan fingerprint density at radius 3 is 2.41 bits per heavy atom. The van der Waals surface area contributed by atoms with E-state index in [9.17, 15) is 14.4 Å². The van der Waals surface area contributed by atoms with Crippen LogP contribution in [0, 0.1) is 0 Å². The van der Waals surface area contributed by atoms with Crippen molar-refractivity contribution >= 4 is 51.1 Å².